The molecular formula is C16H24ClN3O. The topological polar surface area (TPSA) is 44.4 Å². The van der Waals surface area contributed by atoms with E-state index < -0.39 is 0 Å². The molecule has 0 aliphatic carbocycles. The van der Waals surface area contributed by atoms with Crippen molar-refractivity contribution in [2.75, 3.05) is 31.1 Å². The third-order valence-electron chi connectivity index (χ3n) is 3.77. The minimum atomic E-state index is 0.0608. The summed E-state index contributed by atoms with van der Waals surface area (Å²) in [4.78, 5) is 13.7. The molecule has 1 aliphatic rings. The first kappa shape index (κ1) is 16.1. The van der Waals surface area contributed by atoms with Gasteiger partial charge in [0, 0.05) is 19.1 Å². The van der Waals surface area contributed by atoms with Gasteiger partial charge in [0.1, 0.15) is 0 Å². The van der Waals surface area contributed by atoms with E-state index in [9.17, 15) is 4.79 Å². The number of nitrogens with zero attached hydrogens (tertiary/aromatic N) is 1. The van der Waals surface area contributed by atoms with Crippen LogP contribution in [0.2, 0.25) is 5.02 Å². The van der Waals surface area contributed by atoms with Crippen LogP contribution in [-0.4, -0.2) is 32.1 Å². The van der Waals surface area contributed by atoms with E-state index >= 15 is 0 Å². The molecule has 1 unspecified atom stereocenters. The SMILES string of the molecule is CCCNC(C)c1ccc(N2CCCNC(=O)C2)c(Cl)c1. The Balaban J connectivity index is 2.12. The molecule has 116 valence electrons. The summed E-state index contributed by atoms with van der Waals surface area (Å²) in [5.41, 5.74) is 2.12. The van der Waals surface area contributed by atoms with Gasteiger partial charge in [-0.3, -0.25) is 4.79 Å². The quantitative estimate of drug-likeness (QED) is 0.879. The predicted octanol–water partition coefficient (Wildman–Crippen LogP) is 2.73. The number of halogens is 1. The lowest BCUT2D eigenvalue weighted by Crippen LogP contribution is -2.33. The Labute approximate surface area is 131 Å². The summed E-state index contributed by atoms with van der Waals surface area (Å²) in [6, 6.07) is 6.41. The third-order valence-corrected chi connectivity index (χ3v) is 4.08. The van der Waals surface area contributed by atoms with Gasteiger partial charge in [-0.25, -0.2) is 0 Å². The fourth-order valence-corrected chi connectivity index (χ4v) is 2.85. The number of anilines is 1. The second-order valence-electron chi connectivity index (χ2n) is 5.51. The zero-order valence-corrected chi connectivity index (χ0v) is 13.5. The van der Waals surface area contributed by atoms with Crippen LogP contribution in [0.25, 0.3) is 0 Å². The molecule has 1 atom stereocenters. The second-order valence-corrected chi connectivity index (χ2v) is 5.92. The number of nitrogens with one attached hydrogen (secondary N) is 2. The Kier molecular flexibility index (Phi) is 5.88. The highest BCUT2D eigenvalue weighted by Gasteiger charge is 2.18. The molecule has 0 saturated carbocycles. The van der Waals surface area contributed by atoms with Gasteiger partial charge in [-0.15, -0.1) is 0 Å². The molecule has 0 radical (unpaired) electrons. The summed E-state index contributed by atoms with van der Waals surface area (Å²) in [5, 5.41) is 7.05. The van der Waals surface area contributed by atoms with E-state index in [2.05, 4.69) is 35.4 Å². The lowest BCUT2D eigenvalue weighted by Gasteiger charge is -2.24. The van der Waals surface area contributed by atoms with Crippen LogP contribution in [-0.2, 0) is 4.79 Å². The average molecular weight is 310 g/mol. The predicted molar refractivity (Wildman–Crippen MR) is 88.0 cm³/mol. The van der Waals surface area contributed by atoms with Gasteiger partial charge in [-0.1, -0.05) is 24.6 Å². The van der Waals surface area contributed by atoms with Crippen molar-refractivity contribution in [3.05, 3.63) is 28.8 Å². The molecule has 1 aromatic carbocycles. The third kappa shape index (κ3) is 4.35. The molecule has 1 saturated heterocycles. The summed E-state index contributed by atoms with van der Waals surface area (Å²) in [5.74, 6) is 0.0608. The zero-order chi connectivity index (χ0) is 15.2. The van der Waals surface area contributed by atoms with Crippen LogP contribution < -0.4 is 15.5 Å². The standard InChI is InChI=1S/C16H24ClN3O/c1-3-7-18-12(2)13-5-6-15(14(17)10-13)20-9-4-8-19-16(21)11-20/h5-6,10,12,18H,3-4,7-9,11H2,1-2H3,(H,19,21). The summed E-state index contributed by atoms with van der Waals surface area (Å²) in [7, 11) is 0. The molecule has 1 fully saturated rings. The largest absolute Gasteiger partial charge is 0.361 e. The Morgan fingerprint density at radius 1 is 1.48 bits per heavy atom. The van der Waals surface area contributed by atoms with Crippen molar-refractivity contribution < 1.29 is 4.79 Å². The van der Waals surface area contributed by atoms with E-state index in [4.69, 9.17) is 11.6 Å². The average Bonchev–Trinajstić information content (AvgIpc) is 2.69. The fraction of sp³-hybridized carbons (Fsp3) is 0.562. The van der Waals surface area contributed by atoms with E-state index in [1.54, 1.807) is 0 Å². The smallest absolute Gasteiger partial charge is 0.239 e. The van der Waals surface area contributed by atoms with Crippen LogP contribution >= 0.6 is 11.6 Å². The molecule has 2 N–H and O–H groups in total. The molecule has 21 heavy (non-hydrogen) atoms. The second kappa shape index (κ2) is 7.66. The van der Waals surface area contributed by atoms with E-state index in [1.165, 1.54) is 5.56 Å². The van der Waals surface area contributed by atoms with Crippen molar-refractivity contribution in [1.29, 1.82) is 0 Å². The van der Waals surface area contributed by atoms with Crippen molar-refractivity contribution in [2.45, 2.75) is 32.7 Å². The monoisotopic (exact) mass is 309 g/mol. The van der Waals surface area contributed by atoms with Gasteiger partial charge < -0.3 is 15.5 Å². The van der Waals surface area contributed by atoms with Gasteiger partial charge in [-0.05, 0) is 44.0 Å². The minimum absolute atomic E-state index is 0.0608. The molecule has 1 heterocycles. The minimum Gasteiger partial charge on any atom is -0.361 e. The highest BCUT2D eigenvalue weighted by Crippen LogP contribution is 2.29. The summed E-state index contributed by atoms with van der Waals surface area (Å²) < 4.78 is 0. The van der Waals surface area contributed by atoms with Crippen LogP contribution in [0.5, 0.6) is 0 Å². The van der Waals surface area contributed by atoms with Crippen molar-refractivity contribution in [3.8, 4) is 0 Å². The molecule has 0 bridgehead atoms. The molecule has 2 rings (SSSR count). The first-order valence-corrected chi connectivity index (χ1v) is 8.04. The van der Waals surface area contributed by atoms with Crippen molar-refractivity contribution in [3.63, 3.8) is 0 Å². The number of amides is 1. The zero-order valence-electron chi connectivity index (χ0n) is 12.8. The Morgan fingerprint density at radius 3 is 3.00 bits per heavy atom. The highest BCUT2D eigenvalue weighted by molar-refractivity contribution is 6.33. The molecular weight excluding hydrogens is 286 g/mol. The highest BCUT2D eigenvalue weighted by atomic mass is 35.5. The molecule has 1 aliphatic heterocycles. The van der Waals surface area contributed by atoms with Gasteiger partial charge in [0.05, 0.1) is 17.3 Å². The first-order chi connectivity index (χ1) is 10.1. The van der Waals surface area contributed by atoms with Gasteiger partial charge >= 0.3 is 0 Å². The molecule has 5 heteroatoms. The fourth-order valence-electron chi connectivity index (χ4n) is 2.54. The van der Waals surface area contributed by atoms with Gasteiger partial charge in [0.25, 0.3) is 0 Å². The van der Waals surface area contributed by atoms with E-state index in [0.29, 0.717) is 11.6 Å². The Hall–Kier alpha value is -1.26. The van der Waals surface area contributed by atoms with Crippen LogP contribution in [0.3, 0.4) is 0 Å². The van der Waals surface area contributed by atoms with Crippen molar-refractivity contribution >= 4 is 23.2 Å². The molecule has 4 nitrogen and oxygen atoms in total. The van der Waals surface area contributed by atoms with Crippen molar-refractivity contribution in [1.82, 2.24) is 10.6 Å². The lowest BCUT2D eigenvalue weighted by atomic mass is 10.1. The number of hydrogen-bond acceptors (Lipinski definition) is 3. The van der Waals surface area contributed by atoms with E-state index in [1.807, 2.05) is 12.1 Å². The molecule has 1 aromatic rings. The van der Waals surface area contributed by atoms with Gasteiger partial charge in [0.2, 0.25) is 5.91 Å². The lowest BCUT2D eigenvalue weighted by molar-refractivity contribution is -0.119. The van der Waals surface area contributed by atoms with Crippen LogP contribution in [0.15, 0.2) is 18.2 Å². The maximum atomic E-state index is 11.7. The van der Waals surface area contributed by atoms with Crippen LogP contribution in [0.4, 0.5) is 5.69 Å². The van der Waals surface area contributed by atoms with Crippen LogP contribution in [0.1, 0.15) is 38.3 Å². The van der Waals surface area contributed by atoms with Gasteiger partial charge in [0.15, 0.2) is 0 Å². The maximum Gasteiger partial charge on any atom is 0.239 e. The number of carbonyl (C=O) groups is 1. The van der Waals surface area contributed by atoms with E-state index in [-0.39, 0.29) is 11.9 Å². The Bertz CT molecular complexity index is 492. The van der Waals surface area contributed by atoms with Crippen molar-refractivity contribution in [2.24, 2.45) is 0 Å². The molecule has 0 aromatic heterocycles. The Morgan fingerprint density at radius 2 is 2.29 bits per heavy atom. The van der Waals surface area contributed by atoms with E-state index in [0.717, 1.165) is 38.2 Å². The molecule has 1 amide bonds. The first-order valence-electron chi connectivity index (χ1n) is 7.66. The van der Waals surface area contributed by atoms with Crippen LogP contribution in [0, 0.1) is 0 Å². The van der Waals surface area contributed by atoms with Gasteiger partial charge in [-0.2, -0.15) is 0 Å². The number of benzene rings is 1. The summed E-state index contributed by atoms with van der Waals surface area (Å²) in [6.45, 7) is 7.25. The number of carbonyl (C=O) groups excluding carboxylic acids is 1. The number of rotatable bonds is 5. The summed E-state index contributed by atoms with van der Waals surface area (Å²) in [6.07, 6.45) is 2.05. The molecule has 0 spiro atoms. The summed E-state index contributed by atoms with van der Waals surface area (Å²) >= 11 is 6.44. The maximum absolute atomic E-state index is 11.7. The number of hydrogen-bond donors (Lipinski definition) is 2. The normalized spacial score (nSPS) is 17.3.